The van der Waals surface area contributed by atoms with Crippen molar-refractivity contribution in [1.29, 1.82) is 0 Å². The number of carbonyl (C=O) groups excluding carboxylic acids is 3. The van der Waals surface area contributed by atoms with Gasteiger partial charge in [-0.3, -0.25) is 9.59 Å². The molecule has 0 heterocycles. The molecule has 8 heteroatoms. The minimum Gasteiger partial charge on any atom is -0.544 e. The van der Waals surface area contributed by atoms with Crippen LogP contribution in [0.4, 0.5) is 0 Å². The number of esters is 2. The van der Waals surface area contributed by atoms with Crippen LogP contribution in [0.25, 0.3) is 0 Å². The molecule has 0 aromatic carbocycles. The number of aliphatic carboxylic acids is 1. The third kappa shape index (κ3) is 36.7. The normalized spacial score (nSPS) is 13.5. The molecular weight excluding hydrogens is 703 g/mol. The average Bonchev–Trinajstić information content (AvgIpc) is 3.15. The number of rotatable bonds is 39. The van der Waals surface area contributed by atoms with Gasteiger partial charge in [-0.1, -0.05) is 152 Å². The zero-order valence-corrected chi connectivity index (χ0v) is 36.5. The van der Waals surface area contributed by atoms with Gasteiger partial charge in [0, 0.05) is 19.3 Å². The highest BCUT2D eigenvalue weighted by Gasteiger charge is 2.25. The van der Waals surface area contributed by atoms with Crippen molar-refractivity contribution in [3.8, 4) is 0 Å². The van der Waals surface area contributed by atoms with Gasteiger partial charge in [-0.05, 0) is 64.2 Å². The minimum absolute atomic E-state index is 0.0224. The Morgan fingerprint density at radius 2 is 0.946 bits per heavy atom. The van der Waals surface area contributed by atoms with Crippen molar-refractivity contribution >= 4 is 17.9 Å². The van der Waals surface area contributed by atoms with Crippen LogP contribution in [-0.2, 0) is 28.6 Å². The molecule has 0 aliphatic heterocycles. The Morgan fingerprint density at radius 1 is 0.536 bits per heavy atom. The molecule has 0 rings (SSSR count). The summed E-state index contributed by atoms with van der Waals surface area (Å²) >= 11 is 0. The number of unbranched alkanes of at least 4 members (excludes halogenated alkanes) is 15. The quantitative estimate of drug-likeness (QED) is 0.0265. The van der Waals surface area contributed by atoms with Crippen LogP contribution in [0.2, 0.25) is 0 Å². The van der Waals surface area contributed by atoms with Gasteiger partial charge in [0.2, 0.25) is 0 Å². The fraction of sp³-hybridized carbons (Fsp3) is 0.729. The molecule has 0 saturated carbocycles. The molecule has 0 fully saturated rings. The predicted octanol–water partition coefficient (Wildman–Crippen LogP) is 10.9. The molecular formula is C48H83NO7. The van der Waals surface area contributed by atoms with Crippen molar-refractivity contribution in [3.05, 3.63) is 60.8 Å². The van der Waals surface area contributed by atoms with Crippen molar-refractivity contribution in [2.24, 2.45) is 0 Å². The molecule has 0 amide bonds. The molecule has 322 valence electrons. The lowest BCUT2D eigenvalue weighted by atomic mass is 10.1. The molecule has 2 atom stereocenters. The van der Waals surface area contributed by atoms with Crippen LogP contribution in [0.5, 0.6) is 0 Å². The van der Waals surface area contributed by atoms with Crippen molar-refractivity contribution < 1.29 is 38.2 Å². The van der Waals surface area contributed by atoms with Gasteiger partial charge < -0.3 is 28.6 Å². The van der Waals surface area contributed by atoms with Gasteiger partial charge >= 0.3 is 11.9 Å². The van der Waals surface area contributed by atoms with E-state index >= 15 is 0 Å². The second kappa shape index (κ2) is 38.9. The number of carboxylic acid groups (broad SMARTS) is 1. The number of likely N-dealkylation sites (N-methyl/N-ethyl adjacent to an activating group) is 1. The second-order valence-corrected chi connectivity index (χ2v) is 15.9. The molecule has 0 radical (unpaired) electrons. The molecule has 0 aliphatic carbocycles. The number of ether oxygens (including phenoxy) is 3. The van der Waals surface area contributed by atoms with E-state index in [2.05, 4.69) is 74.6 Å². The van der Waals surface area contributed by atoms with Gasteiger partial charge in [-0.25, -0.2) is 0 Å². The first-order valence-electron chi connectivity index (χ1n) is 22.3. The smallest absolute Gasteiger partial charge is 0.306 e. The summed E-state index contributed by atoms with van der Waals surface area (Å²) in [6, 6.07) is -0.734. The van der Waals surface area contributed by atoms with Gasteiger partial charge in [-0.2, -0.15) is 0 Å². The summed E-state index contributed by atoms with van der Waals surface area (Å²) in [6.45, 7) is 4.57. The van der Waals surface area contributed by atoms with Crippen LogP contribution < -0.4 is 5.11 Å². The molecule has 0 aromatic heterocycles. The maximum absolute atomic E-state index is 12.7. The Labute approximate surface area is 343 Å². The number of quaternary nitrogens is 1. The third-order valence-electron chi connectivity index (χ3n) is 9.66. The summed E-state index contributed by atoms with van der Waals surface area (Å²) in [6.07, 6.45) is 46.7. The van der Waals surface area contributed by atoms with E-state index in [0.717, 1.165) is 57.8 Å². The van der Waals surface area contributed by atoms with Gasteiger partial charge in [-0.15, -0.1) is 0 Å². The van der Waals surface area contributed by atoms with E-state index in [4.69, 9.17) is 14.2 Å². The maximum Gasteiger partial charge on any atom is 0.306 e. The maximum atomic E-state index is 12.7. The standard InChI is InChI=1S/C48H83NO7/c1-6-8-10-12-14-16-18-19-20-21-22-23-24-25-26-27-29-31-33-35-37-39-47(51)56-44(42-54-41-40-45(48(52)53)49(3,4)5)43-55-46(50)38-36-34-32-30-28-17-15-13-11-9-7-2/h14,16,19-20,22-23,25-26,29,31,44-45H,6-13,15,17-18,21,24,27-28,30,32-43H2,1-5H3/b16-14+,20-19+,23-22+,26-25+,31-29+. The zero-order chi connectivity index (χ0) is 41.4. The predicted molar refractivity (Wildman–Crippen MR) is 231 cm³/mol. The molecule has 0 N–H and O–H groups in total. The highest BCUT2D eigenvalue weighted by molar-refractivity contribution is 5.70. The Bertz CT molecular complexity index is 1100. The number of nitrogens with zero attached hydrogens (tertiary/aromatic N) is 1. The molecule has 8 nitrogen and oxygen atoms in total. The molecule has 0 bridgehead atoms. The van der Waals surface area contributed by atoms with Crippen LogP contribution in [0.15, 0.2) is 60.8 Å². The van der Waals surface area contributed by atoms with Crippen LogP contribution in [0, 0.1) is 0 Å². The van der Waals surface area contributed by atoms with Crippen LogP contribution in [0.1, 0.15) is 174 Å². The zero-order valence-electron chi connectivity index (χ0n) is 36.5. The number of hydrogen-bond donors (Lipinski definition) is 0. The van der Waals surface area contributed by atoms with Gasteiger partial charge in [0.15, 0.2) is 6.10 Å². The largest absolute Gasteiger partial charge is 0.544 e. The van der Waals surface area contributed by atoms with E-state index < -0.39 is 18.1 Å². The number of hydrogen-bond acceptors (Lipinski definition) is 7. The van der Waals surface area contributed by atoms with E-state index in [1.54, 1.807) is 21.1 Å². The summed E-state index contributed by atoms with van der Waals surface area (Å²) in [7, 11) is 5.38. The van der Waals surface area contributed by atoms with Crippen LogP contribution in [-0.4, -0.2) is 75.5 Å². The Morgan fingerprint density at radius 3 is 1.43 bits per heavy atom. The summed E-state index contributed by atoms with van der Waals surface area (Å²) in [4.78, 5) is 36.8. The third-order valence-corrected chi connectivity index (χ3v) is 9.66. The lowest BCUT2D eigenvalue weighted by Crippen LogP contribution is -2.55. The van der Waals surface area contributed by atoms with E-state index in [-0.39, 0.29) is 49.1 Å². The number of carbonyl (C=O) groups is 3. The van der Waals surface area contributed by atoms with E-state index in [1.807, 2.05) is 0 Å². The fourth-order valence-electron chi connectivity index (χ4n) is 6.15. The van der Waals surface area contributed by atoms with Crippen LogP contribution in [0.3, 0.4) is 0 Å². The highest BCUT2D eigenvalue weighted by atomic mass is 16.6. The minimum atomic E-state index is -1.13. The molecule has 2 unspecified atom stereocenters. The monoisotopic (exact) mass is 786 g/mol. The molecule has 0 aromatic rings. The Balaban J connectivity index is 4.42. The van der Waals surface area contributed by atoms with Crippen molar-refractivity contribution in [1.82, 2.24) is 0 Å². The first-order chi connectivity index (χ1) is 27.1. The molecule has 0 aliphatic rings. The molecule has 0 spiro atoms. The van der Waals surface area contributed by atoms with Crippen LogP contribution >= 0.6 is 0 Å². The SMILES string of the molecule is CCCCC/C=C/C/C=C/C/C=C/C/C=C/C/C=C/CCCCC(=O)OC(COCCC(C(=O)[O-])[N+](C)(C)C)COC(=O)CCCCCCCCCCCCC. The van der Waals surface area contributed by atoms with Gasteiger partial charge in [0.1, 0.15) is 12.6 Å². The first-order valence-corrected chi connectivity index (χ1v) is 22.3. The van der Waals surface area contributed by atoms with Gasteiger partial charge in [0.05, 0.1) is 40.3 Å². The van der Waals surface area contributed by atoms with E-state index in [9.17, 15) is 19.5 Å². The summed E-state index contributed by atoms with van der Waals surface area (Å²) in [5, 5.41) is 11.6. The highest BCUT2D eigenvalue weighted by Crippen LogP contribution is 2.13. The lowest BCUT2D eigenvalue weighted by Gasteiger charge is -2.34. The van der Waals surface area contributed by atoms with Gasteiger partial charge in [0.25, 0.3) is 0 Å². The second-order valence-electron chi connectivity index (χ2n) is 15.9. The summed E-state index contributed by atoms with van der Waals surface area (Å²) < 4.78 is 17.1. The first kappa shape index (κ1) is 53.0. The Kier molecular flexibility index (Phi) is 36.8. The number of carboxylic acids is 1. The fourth-order valence-corrected chi connectivity index (χ4v) is 6.15. The van der Waals surface area contributed by atoms with E-state index in [0.29, 0.717) is 12.8 Å². The lowest BCUT2D eigenvalue weighted by molar-refractivity contribution is -0.889. The molecule has 0 saturated heterocycles. The van der Waals surface area contributed by atoms with E-state index in [1.165, 1.54) is 77.0 Å². The van der Waals surface area contributed by atoms with Crippen molar-refractivity contribution in [2.75, 3.05) is 41.0 Å². The summed E-state index contributed by atoms with van der Waals surface area (Å²) in [5.74, 6) is -1.79. The van der Waals surface area contributed by atoms with Crippen molar-refractivity contribution in [3.63, 3.8) is 0 Å². The Hall–Kier alpha value is -2.97. The van der Waals surface area contributed by atoms with Crippen molar-refractivity contribution in [2.45, 2.75) is 187 Å². The topological polar surface area (TPSA) is 102 Å². The average molecular weight is 786 g/mol. The molecule has 56 heavy (non-hydrogen) atoms. The number of allylic oxidation sites excluding steroid dienone is 10. The summed E-state index contributed by atoms with van der Waals surface area (Å²) in [5.41, 5.74) is 0.